The fourth-order valence-electron chi connectivity index (χ4n) is 1.56. The van der Waals surface area contributed by atoms with Crippen molar-refractivity contribution in [1.82, 2.24) is 9.97 Å². The predicted molar refractivity (Wildman–Crippen MR) is 72.5 cm³/mol. The largest absolute Gasteiger partial charge is 0.247 e. The van der Waals surface area contributed by atoms with E-state index in [2.05, 4.69) is 29.0 Å². The third-order valence-electron chi connectivity index (χ3n) is 2.29. The zero-order valence-corrected chi connectivity index (χ0v) is 11.3. The van der Waals surface area contributed by atoms with Crippen LogP contribution in [0.5, 0.6) is 0 Å². The third kappa shape index (κ3) is 3.45. The molecule has 0 atom stereocenters. The van der Waals surface area contributed by atoms with Gasteiger partial charge in [0.2, 0.25) is 0 Å². The lowest BCUT2D eigenvalue weighted by molar-refractivity contribution is 1.05. The van der Waals surface area contributed by atoms with Gasteiger partial charge in [-0.05, 0) is 43.2 Å². The standard InChI is InChI=1S/C13H13ClN2S/c1-9-6-10(2)16-12(7-9)17-8-11-4-3-5-15-13(11)14/h3-7H,8H2,1-2H3. The number of thioether (sulfide) groups is 1. The van der Waals surface area contributed by atoms with Gasteiger partial charge in [-0.25, -0.2) is 9.97 Å². The summed E-state index contributed by atoms with van der Waals surface area (Å²) in [4.78, 5) is 8.54. The molecule has 0 radical (unpaired) electrons. The van der Waals surface area contributed by atoms with E-state index in [9.17, 15) is 0 Å². The maximum atomic E-state index is 6.01. The second kappa shape index (κ2) is 5.52. The summed E-state index contributed by atoms with van der Waals surface area (Å²) in [5.41, 5.74) is 3.32. The van der Waals surface area contributed by atoms with Gasteiger partial charge in [0, 0.05) is 17.6 Å². The van der Waals surface area contributed by atoms with Crippen molar-refractivity contribution < 1.29 is 0 Å². The fourth-order valence-corrected chi connectivity index (χ4v) is 2.84. The van der Waals surface area contributed by atoms with Crippen LogP contribution in [0.1, 0.15) is 16.8 Å². The maximum Gasteiger partial charge on any atom is 0.133 e. The van der Waals surface area contributed by atoms with Crippen molar-refractivity contribution in [1.29, 1.82) is 0 Å². The zero-order valence-electron chi connectivity index (χ0n) is 9.77. The summed E-state index contributed by atoms with van der Waals surface area (Å²) >= 11 is 7.69. The summed E-state index contributed by atoms with van der Waals surface area (Å²) in [6.45, 7) is 4.09. The van der Waals surface area contributed by atoms with Gasteiger partial charge in [0.25, 0.3) is 0 Å². The molecule has 0 N–H and O–H groups in total. The van der Waals surface area contributed by atoms with E-state index in [1.807, 2.05) is 19.1 Å². The van der Waals surface area contributed by atoms with Gasteiger partial charge in [-0.15, -0.1) is 11.8 Å². The summed E-state index contributed by atoms with van der Waals surface area (Å²) in [5, 5.41) is 1.60. The van der Waals surface area contributed by atoms with Crippen LogP contribution in [0.3, 0.4) is 0 Å². The quantitative estimate of drug-likeness (QED) is 0.618. The van der Waals surface area contributed by atoms with Crippen molar-refractivity contribution in [3.8, 4) is 0 Å². The van der Waals surface area contributed by atoms with E-state index in [4.69, 9.17) is 11.6 Å². The van der Waals surface area contributed by atoms with Crippen LogP contribution in [0, 0.1) is 13.8 Å². The van der Waals surface area contributed by atoms with Crippen LogP contribution in [-0.2, 0) is 5.75 Å². The van der Waals surface area contributed by atoms with Crippen molar-refractivity contribution >= 4 is 23.4 Å². The Hall–Kier alpha value is -1.06. The normalized spacial score (nSPS) is 10.5. The molecule has 0 aromatic carbocycles. The summed E-state index contributed by atoms with van der Waals surface area (Å²) in [6, 6.07) is 8.05. The van der Waals surface area contributed by atoms with Crippen molar-refractivity contribution in [3.05, 3.63) is 52.4 Å². The van der Waals surface area contributed by atoms with Crippen LogP contribution in [-0.4, -0.2) is 9.97 Å². The molecule has 2 aromatic heterocycles. The van der Waals surface area contributed by atoms with Crippen LogP contribution in [0.25, 0.3) is 0 Å². The molecule has 2 nitrogen and oxygen atoms in total. The van der Waals surface area contributed by atoms with Crippen LogP contribution in [0.15, 0.2) is 35.5 Å². The second-order valence-corrected chi connectivity index (χ2v) is 5.22. The topological polar surface area (TPSA) is 25.8 Å². The molecule has 2 aromatic rings. The highest BCUT2D eigenvalue weighted by atomic mass is 35.5. The van der Waals surface area contributed by atoms with Gasteiger partial charge in [-0.1, -0.05) is 17.7 Å². The molecule has 4 heteroatoms. The molecule has 0 saturated carbocycles. The van der Waals surface area contributed by atoms with Gasteiger partial charge in [-0.2, -0.15) is 0 Å². The minimum atomic E-state index is 0.573. The average Bonchev–Trinajstić information content (AvgIpc) is 2.27. The first-order valence-corrected chi connectivity index (χ1v) is 6.69. The van der Waals surface area contributed by atoms with E-state index < -0.39 is 0 Å². The highest BCUT2D eigenvalue weighted by molar-refractivity contribution is 7.98. The molecule has 88 valence electrons. The van der Waals surface area contributed by atoms with Crippen molar-refractivity contribution in [3.63, 3.8) is 0 Å². The molecule has 0 spiro atoms. The van der Waals surface area contributed by atoms with Crippen LogP contribution in [0.2, 0.25) is 5.15 Å². The summed E-state index contributed by atoms with van der Waals surface area (Å²) in [5.74, 6) is 0.794. The monoisotopic (exact) mass is 264 g/mol. The predicted octanol–water partition coefficient (Wildman–Crippen LogP) is 4.04. The summed E-state index contributed by atoms with van der Waals surface area (Å²) in [6.07, 6.45) is 1.70. The Balaban J connectivity index is 2.10. The highest BCUT2D eigenvalue weighted by Crippen LogP contribution is 2.24. The van der Waals surface area contributed by atoms with E-state index in [0.717, 1.165) is 22.0 Å². The Morgan fingerprint density at radius 2 is 2.12 bits per heavy atom. The van der Waals surface area contributed by atoms with Gasteiger partial charge < -0.3 is 0 Å². The molecule has 0 aliphatic heterocycles. The second-order valence-electron chi connectivity index (χ2n) is 3.87. The molecular formula is C13H13ClN2S. The SMILES string of the molecule is Cc1cc(C)nc(SCc2cccnc2Cl)c1. The van der Waals surface area contributed by atoms with E-state index >= 15 is 0 Å². The van der Waals surface area contributed by atoms with Gasteiger partial charge in [0.1, 0.15) is 5.15 Å². The molecular weight excluding hydrogens is 252 g/mol. The number of aryl methyl sites for hydroxylation is 2. The number of nitrogens with zero attached hydrogens (tertiary/aromatic N) is 2. The first-order chi connectivity index (χ1) is 8.15. The molecule has 0 bridgehead atoms. The molecule has 0 saturated heterocycles. The zero-order chi connectivity index (χ0) is 12.3. The molecule has 0 unspecified atom stereocenters. The minimum Gasteiger partial charge on any atom is -0.247 e. The lowest BCUT2D eigenvalue weighted by atomic mass is 10.3. The molecule has 2 rings (SSSR count). The van der Waals surface area contributed by atoms with E-state index in [0.29, 0.717) is 5.15 Å². The average molecular weight is 265 g/mol. The maximum absolute atomic E-state index is 6.01. The summed E-state index contributed by atoms with van der Waals surface area (Å²) in [7, 11) is 0. The number of aromatic nitrogens is 2. The van der Waals surface area contributed by atoms with E-state index in [1.165, 1.54) is 5.56 Å². The summed E-state index contributed by atoms with van der Waals surface area (Å²) < 4.78 is 0. The minimum absolute atomic E-state index is 0.573. The van der Waals surface area contributed by atoms with Gasteiger partial charge in [0.15, 0.2) is 0 Å². The van der Waals surface area contributed by atoms with Crippen molar-refractivity contribution in [2.45, 2.75) is 24.6 Å². The van der Waals surface area contributed by atoms with Gasteiger partial charge >= 0.3 is 0 Å². The molecule has 0 amide bonds. The Morgan fingerprint density at radius 1 is 1.29 bits per heavy atom. The lowest BCUT2D eigenvalue weighted by Crippen LogP contribution is -1.89. The first kappa shape index (κ1) is 12.4. The molecule has 0 aliphatic rings. The number of rotatable bonds is 3. The number of halogens is 1. The van der Waals surface area contributed by atoms with E-state index in [-0.39, 0.29) is 0 Å². The Morgan fingerprint density at radius 3 is 2.82 bits per heavy atom. The van der Waals surface area contributed by atoms with Crippen molar-refractivity contribution in [2.75, 3.05) is 0 Å². The Kier molecular flexibility index (Phi) is 4.02. The molecule has 0 aliphatic carbocycles. The van der Waals surface area contributed by atoms with Gasteiger partial charge in [0.05, 0.1) is 5.03 Å². The van der Waals surface area contributed by atoms with Gasteiger partial charge in [-0.3, -0.25) is 0 Å². The molecule has 17 heavy (non-hydrogen) atoms. The molecule has 0 fully saturated rings. The highest BCUT2D eigenvalue weighted by Gasteiger charge is 2.03. The number of hydrogen-bond acceptors (Lipinski definition) is 3. The number of pyridine rings is 2. The Bertz CT molecular complexity index is 508. The van der Waals surface area contributed by atoms with E-state index in [1.54, 1.807) is 18.0 Å². The van der Waals surface area contributed by atoms with Crippen LogP contribution >= 0.6 is 23.4 Å². The van der Waals surface area contributed by atoms with Crippen LogP contribution < -0.4 is 0 Å². The van der Waals surface area contributed by atoms with Crippen molar-refractivity contribution in [2.24, 2.45) is 0 Å². The third-order valence-corrected chi connectivity index (χ3v) is 3.59. The fraction of sp³-hybridized carbons (Fsp3) is 0.231. The smallest absolute Gasteiger partial charge is 0.133 e. The first-order valence-electron chi connectivity index (χ1n) is 5.32. The lowest BCUT2D eigenvalue weighted by Gasteiger charge is -2.05. The molecule has 2 heterocycles. The number of hydrogen-bond donors (Lipinski definition) is 0. The Labute approximate surface area is 110 Å². The van der Waals surface area contributed by atoms with Crippen LogP contribution in [0.4, 0.5) is 0 Å².